The first-order valence-electron chi connectivity index (χ1n) is 17.9. The van der Waals surface area contributed by atoms with Crippen LogP contribution in [0.4, 0.5) is 5.69 Å². The van der Waals surface area contributed by atoms with E-state index < -0.39 is 76.3 Å². The maximum atomic E-state index is 14.1. The normalized spacial score (nSPS) is 45.4. The van der Waals surface area contributed by atoms with Gasteiger partial charge in [0.05, 0.1) is 47.9 Å². The topological polar surface area (TPSA) is 165 Å². The van der Waals surface area contributed by atoms with Crippen molar-refractivity contribution in [2.75, 3.05) is 59.6 Å². The second-order valence-electron chi connectivity index (χ2n) is 15.8. The third-order valence-corrected chi connectivity index (χ3v) is 13.8. The van der Waals surface area contributed by atoms with Crippen molar-refractivity contribution in [3.05, 3.63) is 29.8 Å². The number of para-hydroxylation sites is 1. The van der Waals surface area contributed by atoms with Crippen LogP contribution in [0.25, 0.3) is 0 Å². The Kier molecular flexibility index (Phi) is 9.03. The van der Waals surface area contributed by atoms with Gasteiger partial charge in [0.1, 0.15) is 11.7 Å². The summed E-state index contributed by atoms with van der Waals surface area (Å²) in [7, 11) is 6.29. The van der Waals surface area contributed by atoms with Gasteiger partial charge in [-0.1, -0.05) is 26.0 Å². The number of rotatable bonds is 9. The Morgan fingerprint density at radius 2 is 1.68 bits per heavy atom. The van der Waals surface area contributed by atoms with Crippen molar-refractivity contribution in [2.24, 2.45) is 34.5 Å². The molecule has 1 aromatic carbocycles. The van der Waals surface area contributed by atoms with Crippen LogP contribution in [0.15, 0.2) is 24.3 Å². The Morgan fingerprint density at radius 1 is 0.960 bits per heavy atom. The molecular weight excluding hydrogens is 648 g/mol. The summed E-state index contributed by atoms with van der Waals surface area (Å²) in [5.41, 5.74) is -5.09. The van der Waals surface area contributed by atoms with Crippen molar-refractivity contribution in [2.45, 2.75) is 87.7 Å². The molecule has 276 valence electrons. The molecule has 2 amide bonds. The highest BCUT2D eigenvalue weighted by Crippen LogP contribution is 2.72. The van der Waals surface area contributed by atoms with Crippen LogP contribution >= 0.6 is 0 Å². The molecule has 6 aliphatic rings. The molecule has 1 aromatic rings. The second kappa shape index (κ2) is 12.6. The molecule has 2 aliphatic heterocycles. The first-order chi connectivity index (χ1) is 23.8. The summed E-state index contributed by atoms with van der Waals surface area (Å²) in [5.74, 6) is -3.68. The number of benzene rings is 1. The summed E-state index contributed by atoms with van der Waals surface area (Å²) in [6.45, 7) is 5.14. The van der Waals surface area contributed by atoms with Crippen molar-refractivity contribution in [1.82, 2.24) is 4.90 Å². The number of methoxy groups -OCH3 is 4. The first kappa shape index (κ1) is 35.9. The van der Waals surface area contributed by atoms with E-state index in [2.05, 4.69) is 4.90 Å². The third kappa shape index (κ3) is 4.63. The number of anilines is 1. The number of imide groups is 1. The second-order valence-corrected chi connectivity index (χ2v) is 15.8. The number of fused-ring (bicyclic) bond motifs is 1. The Morgan fingerprint density at radius 3 is 2.30 bits per heavy atom. The Bertz CT molecular complexity index is 1530. The number of aliphatic hydroxyl groups excluding tert-OH is 1. The van der Waals surface area contributed by atoms with Crippen molar-refractivity contribution in [3.8, 4) is 0 Å². The zero-order valence-corrected chi connectivity index (χ0v) is 29.9. The number of esters is 1. The van der Waals surface area contributed by atoms with E-state index >= 15 is 0 Å². The number of carbonyl (C=O) groups excluding carboxylic acids is 3. The number of nitrogens with zero attached hydrogens (tertiary/aromatic N) is 2. The summed E-state index contributed by atoms with van der Waals surface area (Å²) in [4.78, 5) is 43.2. The van der Waals surface area contributed by atoms with Gasteiger partial charge in [-0.05, 0) is 37.9 Å². The molecule has 0 radical (unpaired) electrons. The highest BCUT2D eigenvalue weighted by molar-refractivity contribution is 6.22. The minimum Gasteiger partial charge on any atom is -0.461 e. The fourth-order valence-electron chi connectivity index (χ4n) is 11.9. The van der Waals surface area contributed by atoms with Crippen LogP contribution in [-0.2, 0) is 33.3 Å². The molecule has 13 atom stereocenters. The molecule has 3 N–H and O–H groups in total. The molecule has 6 fully saturated rings. The molecule has 0 aromatic heterocycles. The number of aliphatic hydroxyl groups is 3. The quantitative estimate of drug-likeness (QED) is 0.251. The van der Waals surface area contributed by atoms with Gasteiger partial charge in [0.15, 0.2) is 0 Å². The van der Waals surface area contributed by atoms with Crippen LogP contribution in [0.1, 0.15) is 56.3 Å². The summed E-state index contributed by atoms with van der Waals surface area (Å²) in [6, 6.07) is 6.45. The van der Waals surface area contributed by atoms with Gasteiger partial charge >= 0.3 is 5.97 Å². The lowest BCUT2D eigenvalue weighted by atomic mass is 9.44. The van der Waals surface area contributed by atoms with Crippen LogP contribution in [0.2, 0.25) is 0 Å². The SMILES string of the molecule is CCN1CC23[C@@H](OC)CC[C@@](COC(=O)c4ccccc4N4C(=O)C[C@H](C)C4=O)(C1)[C@H]2[C@H](OC)[C@H](O)[C@@]1(O)C[C@H](OC)C2C[C@]3(O)C1C2OC. The fraction of sp³-hybridized carbons (Fsp3) is 0.757. The van der Waals surface area contributed by atoms with Crippen molar-refractivity contribution < 1.29 is 53.4 Å². The monoisotopic (exact) mass is 700 g/mol. The van der Waals surface area contributed by atoms with E-state index in [0.717, 1.165) is 4.90 Å². The van der Waals surface area contributed by atoms with Crippen molar-refractivity contribution in [3.63, 3.8) is 0 Å². The molecule has 50 heavy (non-hydrogen) atoms. The van der Waals surface area contributed by atoms with Gasteiger partial charge in [0.2, 0.25) is 11.8 Å². The van der Waals surface area contributed by atoms with Crippen molar-refractivity contribution in [1.29, 1.82) is 0 Å². The average molecular weight is 701 g/mol. The van der Waals surface area contributed by atoms with E-state index in [0.29, 0.717) is 32.5 Å². The zero-order valence-electron chi connectivity index (χ0n) is 29.9. The number of amides is 2. The standard InChI is InChI=1S/C37H52N2O11/c1-7-38-17-34(19-50-33(43)21-10-8-9-11-23(21)39-26(40)14-20(2)32(39)42)13-12-25(47-4)35(18-38)29(34)28(49-6)31(41)36(44)16-24(46-3)22-15-37(35,45)30(36)27(22)48-5/h8-11,20,22,24-25,27-31,41,44-45H,7,12-19H2,1-6H3/t20-,22?,24-,25-,27?,28-,29+,30?,31-,34-,35?,36+,37-/m0/s1. The number of ether oxygens (including phenoxy) is 5. The Hall–Kier alpha value is -2.49. The predicted molar refractivity (Wildman–Crippen MR) is 178 cm³/mol. The van der Waals surface area contributed by atoms with Gasteiger partial charge in [0, 0.05) is 88.9 Å². The summed E-state index contributed by atoms with van der Waals surface area (Å²) in [6.07, 6.45) is -2.54. The molecule has 13 heteroatoms. The molecule has 2 heterocycles. The smallest absolute Gasteiger partial charge is 0.340 e. The molecule has 2 saturated heterocycles. The van der Waals surface area contributed by atoms with Gasteiger partial charge in [-0.3, -0.25) is 9.59 Å². The van der Waals surface area contributed by atoms with Gasteiger partial charge < -0.3 is 43.9 Å². The molecular formula is C37H52N2O11. The summed E-state index contributed by atoms with van der Waals surface area (Å²) in [5, 5.41) is 38.7. The largest absolute Gasteiger partial charge is 0.461 e. The molecule has 4 unspecified atom stereocenters. The number of carbonyl (C=O) groups is 3. The lowest BCUT2D eigenvalue weighted by molar-refractivity contribution is -0.295. The molecule has 13 nitrogen and oxygen atoms in total. The van der Waals surface area contributed by atoms with Crippen LogP contribution in [0.3, 0.4) is 0 Å². The minimum atomic E-state index is -1.83. The fourth-order valence-corrected chi connectivity index (χ4v) is 11.9. The van der Waals surface area contributed by atoms with Gasteiger partial charge in [-0.15, -0.1) is 0 Å². The van der Waals surface area contributed by atoms with E-state index in [1.54, 1.807) is 52.5 Å². The van der Waals surface area contributed by atoms with E-state index in [1.165, 1.54) is 7.11 Å². The number of piperidine rings is 1. The van der Waals surface area contributed by atoms with Crippen LogP contribution in [0, 0.1) is 34.5 Å². The average Bonchev–Trinajstić information content (AvgIpc) is 3.51. The lowest BCUT2D eigenvalue weighted by Crippen LogP contribution is -2.77. The lowest BCUT2D eigenvalue weighted by Gasteiger charge is -2.68. The van der Waals surface area contributed by atoms with E-state index in [4.69, 9.17) is 23.7 Å². The van der Waals surface area contributed by atoms with Crippen LogP contribution in [-0.4, -0.2) is 134 Å². The first-order valence-corrected chi connectivity index (χ1v) is 17.9. The van der Waals surface area contributed by atoms with Gasteiger partial charge in [-0.25, -0.2) is 9.69 Å². The Labute approximate surface area is 293 Å². The molecule has 0 spiro atoms. The molecule has 7 rings (SSSR count). The maximum absolute atomic E-state index is 14.1. The van der Waals surface area contributed by atoms with Gasteiger partial charge in [-0.2, -0.15) is 0 Å². The van der Waals surface area contributed by atoms with Crippen LogP contribution < -0.4 is 4.90 Å². The third-order valence-electron chi connectivity index (χ3n) is 13.8. The summed E-state index contributed by atoms with van der Waals surface area (Å²) < 4.78 is 30.8. The number of likely N-dealkylation sites (tertiary alicyclic amines) is 1. The predicted octanol–water partition coefficient (Wildman–Crippen LogP) is 1.40. The molecule has 4 aliphatic carbocycles. The van der Waals surface area contributed by atoms with E-state index in [-0.39, 0.29) is 54.9 Å². The molecule has 4 saturated carbocycles. The maximum Gasteiger partial charge on any atom is 0.340 e. The number of hydrogen-bond donors (Lipinski definition) is 3. The van der Waals surface area contributed by atoms with E-state index in [9.17, 15) is 29.7 Å². The highest BCUT2D eigenvalue weighted by atomic mass is 16.5. The summed E-state index contributed by atoms with van der Waals surface area (Å²) >= 11 is 0. The minimum absolute atomic E-state index is 0.0650. The van der Waals surface area contributed by atoms with Gasteiger partial charge in [0.25, 0.3) is 0 Å². The molecule has 4 bridgehead atoms. The van der Waals surface area contributed by atoms with Crippen molar-refractivity contribution >= 4 is 23.5 Å². The zero-order chi connectivity index (χ0) is 36.0. The van der Waals surface area contributed by atoms with Crippen LogP contribution in [0.5, 0.6) is 0 Å². The number of hydrogen-bond acceptors (Lipinski definition) is 12. The van der Waals surface area contributed by atoms with E-state index in [1.807, 2.05) is 6.92 Å². The Balaban J connectivity index is 1.34. The highest BCUT2D eigenvalue weighted by Gasteiger charge is 2.83.